The van der Waals surface area contributed by atoms with Gasteiger partial charge in [-0.3, -0.25) is 4.79 Å². The number of phenols is 1. The molecule has 6 rings (SSSR count). The largest absolute Gasteiger partial charge is 0.508 e. The highest BCUT2D eigenvalue weighted by molar-refractivity contribution is 5.94. The Labute approximate surface area is 208 Å². The molecule has 4 aliphatic rings. The van der Waals surface area contributed by atoms with Crippen LogP contribution in [0.1, 0.15) is 49.8 Å². The number of phenolic OH excluding ortho intramolecular Hbond substituents is 1. The number of hydrogen-bond acceptors (Lipinski definition) is 4. The molecular weight excluding hydrogens is 436 g/mol. The van der Waals surface area contributed by atoms with E-state index in [0.29, 0.717) is 30.2 Å². The SMILES string of the molecule is CC(C)CN(C(=O)C#Cc1ccccc1)[C@@H]1CC[C@H]2[C@H]3Cc4c(O)ccc5c4[C@@]2(CCN3C)[C@H]1O5. The molecule has 2 heterocycles. The van der Waals surface area contributed by atoms with Crippen LogP contribution in [0.3, 0.4) is 0 Å². The summed E-state index contributed by atoms with van der Waals surface area (Å²) < 4.78 is 6.79. The van der Waals surface area contributed by atoms with Gasteiger partial charge < -0.3 is 19.6 Å². The number of benzene rings is 2. The molecule has 5 heteroatoms. The molecule has 182 valence electrons. The Kier molecular flexibility index (Phi) is 5.34. The number of likely N-dealkylation sites (N-methyl/N-ethyl adjacent to an activating group) is 1. The summed E-state index contributed by atoms with van der Waals surface area (Å²) in [5.41, 5.74) is 2.99. The van der Waals surface area contributed by atoms with Crippen molar-refractivity contribution in [2.24, 2.45) is 11.8 Å². The third-order valence-electron chi connectivity index (χ3n) is 8.89. The summed E-state index contributed by atoms with van der Waals surface area (Å²) in [5.74, 6) is 8.00. The summed E-state index contributed by atoms with van der Waals surface area (Å²) in [6, 6.07) is 13.8. The highest BCUT2D eigenvalue weighted by atomic mass is 16.5. The molecular formula is C30H34N2O3. The van der Waals surface area contributed by atoms with Crippen molar-refractivity contribution in [1.29, 1.82) is 0 Å². The van der Waals surface area contributed by atoms with E-state index in [9.17, 15) is 9.90 Å². The first kappa shape index (κ1) is 22.5. The maximum Gasteiger partial charge on any atom is 0.299 e. The third-order valence-corrected chi connectivity index (χ3v) is 8.89. The van der Waals surface area contributed by atoms with Crippen LogP contribution in [0.15, 0.2) is 42.5 Å². The fourth-order valence-corrected chi connectivity index (χ4v) is 7.52. The van der Waals surface area contributed by atoms with Gasteiger partial charge in [-0.05, 0) is 75.4 Å². The van der Waals surface area contributed by atoms with Crippen LogP contribution in [0.5, 0.6) is 11.5 Å². The van der Waals surface area contributed by atoms with Crippen molar-refractivity contribution in [2.75, 3.05) is 20.1 Å². The van der Waals surface area contributed by atoms with Crippen molar-refractivity contribution in [3.63, 3.8) is 0 Å². The van der Waals surface area contributed by atoms with Gasteiger partial charge in [0.25, 0.3) is 5.91 Å². The molecule has 1 amide bonds. The quantitative estimate of drug-likeness (QED) is 0.690. The van der Waals surface area contributed by atoms with E-state index in [2.05, 4.69) is 37.6 Å². The van der Waals surface area contributed by atoms with Crippen molar-refractivity contribution < 1.29 is 14.6 Å². The molecule has 5 atom stereocenters. The molecule has 2 aromatic carbocycles. The van der Waals surface area contributed by atoms with Crippen molar-refractivity contribution in [3.8, 4) is 23.3 Å². The molecule has 1 saturated carbocycles. The summed E-state index contributed by atoms with van der Waals surface area (Å²) >= 11 is 0. The number of likely N-dealkylation sites (tertiary alicyclic amines) is 1. The van der Waals surface area contributed by atoms with Crippen molar-refractivity contribution in [3.05, 3.63) is 59.2 Å². The molecule has 35 heavy (non-hydrogen) atoms. The number of piperidine rings is 1. The molecule has 5 nitrogen and oxygen atoms in total. The standard InChI is InChI=1S/C30H34N2O3/c1-19(2)18-32(27(34)14-9-20-7-5-4-6-8-20)23-11-10-22-24-17-21-25(33)12-13-26-28(21)30(22,29(23)35-26)15-16-31(24)3/h4-8,12-13,19,22-24,29,33H,10-11,15-18H2,1-3H3/t22-,23+,24+,29-,30-/m0/s1. The highest BCUT2D eigenvalue weighted by Gasteiger charge is 2.66. The van der Waals surface area contributed by atoms with E-state index in [1.54, 1.807) is 6.07 Å². The number of amides is 1. The first-order valence-corrected chi connectivity index (χ1v) is 13.0. The van der Waals surface area contributed by atoms with Crippen LogP contribution in [0, 0.1) is 23.7 Å². The Bertz CT molecular complexity index is 1210. The molecule has 1 saturated heterocycles. The van der Waals surface area contributed by atoms with Crippen LogP contribution in [0.2, 0.25) is 0 Å². The zero-order valence-electron chi connectivity index (χ0n) is 20.8. The van der Waals surface area contributed by atoms with Gasteiger partial charge in [-0.2, -0.15) is 0 Å². The fraction of sp³-hybridized carbons (Fsp3) is 0.500. The van der Waals surface area contributed by atoms with E-state index in [1.807, 2.05) is 41.3 Å². The number of aromatic hydroxyl groups is 1. The lowest BCUT2D eigenvalue weighted by molar-refractivity contribution is -0.137. The van der Waals surface area contributed by atoms with Gasteiger partial charge in [0.15, 0.2) is 0 Å². The molecule has 2 aliphatic heterocycles. The van der Waals surface area contributed by atoms with Crippen molar-refractivity contribution in [1.82, 2.24) is 9.80 Å². The number of carbonyl (C=O) groups excluding carboxylic acids is 1. The predicted molar refractivity (Wildman–Crippen MR) is 135 cm³/mol. The summed E-state index contributed by atoms with van der Waals surface area (Å²) in [7, 11) is 2.22. The lowest BCUT2D eigenvalue weighted by Crippen LogP contribution is -2.68. The lowest BCUT2D eigenvalue weighted by Gasteiger charge is -2.60. The van der Waals surface area contributed by atoms with Crippen LogP contribution >= 0.6 is 0 Å². The molecule has 1 spiro atoms. The van der Waals surface area contributed by atoms with Gasteiger partial charge in [0.1, 0.15) is 17.6 Å². The number of hydrogen-bond donors (Lipinski definition) is 1. The van der Waals surface area contributed by atoms with Crippen LogP contribution < -0.4 is 4.74 Å². The second-order valence-electron chi connectivity index (χ2n) is 11.2. The first-order chi connectivity index (χ1) is 16.9. The average Bonchev–Trinajstić information content (AvgIpc) is 3.19. The summed E-state index contributed by atoms with van der Waals surface area (Å²) in [6.45, 7) is 5.97. The number of carbonyl (C=O) groups is 1. The Morgan fingerprint density at radius 3 is 2.80 bits per heavy atom. The minimum absolute atomic E-state index is 0.0317. The smallest absolute Gasteiger partial charge is 0.299 e. The molecule has 2 bridgehead atoms. The molecule has 1 N–H and O–H groups in total. The van der Waals surface area contributed by atoms with E-state index in [4.69, 9.17) is 4.74 Å². The number of nitrogens with zero attached hydrogens (tertiary/aromatic N) is 2. The van der Waals surface area contributed by atoms with Crippen LogP contribution in [-0.2, 0) is 16.6 Å². The van der Waals surface area contributed by atoms with Gasteiger partial charge in [-0.1, -0.05) is 38.0 Å². The molecule has 0 radical (unpaired) electrons. The van der Waals surface area contributed by atoms with Crippen LogP contribution in [0.4, 0.5) is 0 Å². The fourth-order valence-electron chi connectivity index (χ4n) is 7.52. The van der Waals surface area contributed by atoms with E-state index >= 15 is 0 Å². The lowest BCUT2D eigenvalue weighted by atomic mass is 9.51. The molecule has 2 aromatic rings. The van der Waals surface area contributed by atoms with Gasteiger partial charge in [-0.15, -0.1) is 0 Å². The molecule has 0 aromatic heterocycles. The van der Waals surface area contributed by atoms with E-state index < -0.39 is 0 Å². The minimum Gasteiger partial charge on any atom is -0.508 e. The topological polar surface area (TPSA) is 53.0 Å². The van der Waals surface area contributed by atoms with Crippen molar-refractivity contribution in [2.45, 2.75) is 63.1 Å². The maximum atomic E-state index is 13.6. The molecule has 2 fully saturated rings. The zero-order chi connectivity index (χ0) is 24.3. The Balaban J connectivity index is 1.41. The van der Waals surface area contributed by atoms with Crippen LogP contribution in [-0.4, -0.2) is 59.1 Å². The van der Waals surface area contributed by atoms with Gasteiger partial charge in [-0.25, -0.2) is 0 Å². The van der Waals surface area contributed by atoms with Crippen molar-refractivity contribution >= 4 is 5.91 Å². The number of rotatable bonds is 3. The maximum absolute atomic E-state index is 13.6. The average molecular weight is 471 g/mol. The second kappa shape index (κ2) is 8.31. The van der Waals surface area contributed by atoms with Gasteiger partial charge >= 0.3 is 0 Å². The highest BCUT2D eigenvalue weighted by Crippen LogP contribution is 2.63. The second-order valence-corrected chi connectivity index (χ2v) is 11.2. The zero-order valence-corrected chi connectivity index (χ0v) is 20.8. The summed E-state index contributed by atoms with van der Waals surface area (Å²) in [5, 5.41) is 10.8. The van der Waals surface area contributed by atoms with Gasteiger partial charge in [0, 0.05) is 40.6 Å². The minimum atomic E-state index is -0.149. The monoisotopic (exact) mass is 470 g/mol. The normalized spacial score (nSPS) is 30.2. The third kappa shape index (κ3) is 3.37. The van der Waals surface area contributed by atoms with E-state index in [0.717, 1.165) is 49.1 Å². The Hall–Kier alpha value is -2.97. The number of ether oxygens (including phenoxy) is 1. The first-order valence-electron chi connectivity index (χ1n) is 13.0. The van der Waals surface area contributed by atoms with E-state index in [-0.39, 0.29) is 23.5 Å². The summed E-state index contributed by atoms with van der Waals surface area (Å²) in [4.78, 5) is 18.1. The van der Waals surface area contributed by atoms with Gasteiger partial charge in [0.05, 0.1) is 6.04 Å². The van der Waals surface area contributed by atoms with Gasteiger partial charge in [0.2, 0.25) is 0 Å². The van der Waals surface area contributed by atoms with Crippen LogP contribution in [0.25, 0.3) is 0 Å². The Morgan fingerprint density at radius 2 is 2.03 bits per heavy atom. The predicted octanol–water partition coefficient (Wildman–Crippen LogP) is 3.97. The summed E-state index contributed by atoms with van der Waals surface area (Å²) in [6.07, 6.45) is 3.74. The Morgan fingerprint density at radius 1 is 1.23 bits per heavy atom. The van der Waals surface area contributed by atoms with E-state index in [1.165, 1.54) is 5.56 Å². The molecule has 2 aliphatic carbocycles. The molecule has 0 unspecified atom stereocenters.